The van der Waals surface area contributed by atoms with Crippen molar-refractivity contribution in [1.29, 1.82) is 5.26 Å². The van der Waals surface area contributed by atoms with Crippen molar-refractivity contribution in [2.24, 2.45) is 0 Å². The predicted octanol–water partition coefficient (Wildman–Crippen LogP) is 6.06. The molecule has 0 radical (unpaired) electrons. The smallest absolute Gasteiger partial charge is 0.412 e. The Hall–Kier alpha value is -3.41. The average Bonchev–Trinajstić information content (AvgIpc) is 3.24. The van der Waals surface area contributed by atoms with Gasteiger partial charge in [0.05, 0.1) is 18.2 Å². The molecule has 0 N–H and O–H groups in total. The van der Waals surface area contributed by atoms with Crippen LogP contribution in [0.4, 0.5) is 29.1 Å². The molecule has 3 rings (SSSR count). The molecule has 0 spiro atoms. The maximum Gasteiger partial charge on any atom is 0.417 e. The van der Waals surface area contributed by atoms with Crippen LogP contribution < -0.4 is 9.80 Å². The second-order valence-electron chi connectivity index (χ2n) is 11.1. The summed E-state index contributed by atoms with van der Waals surface area (Å²) in [5, 5.41) is 9.64. The molecule has 1 aliphatic heterocycles. The van der Waals surface area contributed by atoms with Gasteiger partial charge in [-0.1, -0.05) is 26.7 Å². The van der Waals surface area contributed by atoms with Gasteiger partial charge in [0.25, 0.3) is 5.91 Å². The van der Waals surface area contributed by atoms with Gasteiger partial charge >= 0.3 is 6.18 Å². The molecule has 11 heteroatoms. The molecule has 39 heavy (non-hydrogen) atoms. The molecular weight excluding hydrogens is 528 g/mol. The Labute approximate surface area is 227 Å². The summed E-state index contributed by atoms with van der Waals surface area (Å²) in [5.74, 6) is 1.18. The van der Waals surface area contributed by atoms with Crippen molar-refractivity contribution < 1.29 is 26.8 Å². The molecule has 1 fully saturated rings. The summed E-state index contributed by atoms with van der Waals surface area (Å²) in [4.78, 5) is 21.0. The van der Waals surface area contributed by atoms with Crippen LogP contribution in [0.5, 0.6) is 0 Å². The first-order chi connectivity index (χ1) is 18.0. The lowest BCUT2D eigenvalue weighted by Crippen LogP contribution is -2.47. The molecule has 1 amide bonds. The molecule has 6 nitrogen and oxygen atoms in total. The normalized spacial score (nSPS) is 18.0. The Balaban J connectivity index is 2.14. The minimum atomic E-state index is -4.80. The molecule has 0 saturated carbocycles. The number of rotatable bonds is 6. The number of aromatic nitrogens is 1. The first kappa shape index (κ1) is 30.1. The molecule has 2 aromatic rings. The molecule has 1 saturated heterocycles. The summed E-state index contributed by atoms with van der Waals surface area (Å²) in [6.45, 7) is 11.6. The number of alkyl halides is 3. The van der Waals surface area contributed by atoms with Gasteiger partial charge in [-0.25, -0.2) is 9.37 Å². The largest absolute Gasteiger partial charge is 0.417 e. The number of hydrogen-bond acceptors (Lipinski definition) is 5. The average molecular weight is 561 g/mol. The van der Waals surface area contributed by atoms with Crippen LogP contribution in [0.3, 0.4) is 0 Å². The van der Waals surface area contributed by atoms with Gasteiger partial charge in [0.15, 0.2) is 8.32 Å². The number of carbonyl (C=O) groups is 1. The molecule has 2 atom stereocenters. The maximum absolute atomic E-state index is 14.0. The third-order valence-electron chi connectivity index (χ3n) is 7.29. The van der Waals surface area contributed by atoms with Crippen molar-refractivity contribution in [2.45, 2.75) is 70.6 Å². The summed E-state index contributed by atoms with van der Waals surface area (Å²) in [5.41, 5.74) is -1.40. The lowest BCUT2D eigenvalue weighted by Gasteiger charge is -2.38. The van der Waals surface area contributed by atoms with Crippen LogP contribution in [0.1, 0.15) is 44.0 Å². The Bertz CT molecular complexity index is 1310. The highest BCUT2D eigenvalue weighted by Crippen LogP contribution is 2.41. The number of carbonyl (C=O) groups excluding carboxylic acids is 1. The van der Waals surface area contributed by atoms with Crippen molar-refractivity contribution in [3.63, 3.8) is 0 Å². The van der Waals surface area contributed by atoms with E-state index in [1.807, 2.05) is 13.1 Å². The number of benzene rings is 1. The van der Waals surface area contributed by atoms with E-state index in [0.29, 0.717) is 5.69 Å². The number of anilines is 2. The fourth-order valence-corrected chi connectivity index (χ4v) is 5.69. The second-order valence-corrected chi connectivity index (χ2v) is 15.9. The van der Waals surface area contributed by atoms with E-state index in [1.165, 1.54) is 41.0 Å². The zero-order chi connectivity index (χ0) is 29.3. The standard InChI is InChI=1S/C28H32F4N4O2Si/c1-8-13-35(20-11-9-19(29)10-12-20)26(37)24-15-21(38-39(6,7)27(3,4)5)17-36(24)25-22(16-33)23(28(30,31)32)14-18(2)34-25/h1,9-12,14,21,24H,13,15,17H2,2-7H3/t21-,24-/m0/s1. The number of hydrogen-bond donors (Lipinski definition) is 0. The van der Waals surface area contributed by atoms with Crippen LogP contribution in [0.25, 0.3) is 0 Å². The van der Waals surface area contributed by atoms with Gasteiger partial charge < -0.3 is 9.33 Å². The molecule has 0 aliphatic carbocycles. The molecular formula is C28H32F4N4O2Si. The van der Waals surface area contributed by atoms with Crippen molar-refractivity contribution in [3.05, 3.63) is 53.0 Å². The number of halogens is 4. The number of pyridine rings is 1. The third-order valence-corrected chi connectivity index (χ3v) is 11.8. The lowest BCUT2D eigenvalue weighted by molar-refractivity contribution is -0.137. The zero-order valence-electron chi connectivity index (χ0n) is 22.9. The molecule has 0 bridgehead atoms. The van der Waals surface area contributed by atoms with Gasteiger partial charge in [-0.2, -0.15) is 18.4 Å². The van der Waals surface area contributed by atoms with Gasteiger partial charge in [0.2, 0.25) is 0 Å². The first-order valence-electron chi connectivity index (χ1n) is 12.4. The number of terminal acetylenes is 1. The van der Waals surface area contributed by atoms with Gasteiger partial charge in [-0.05, 0) is 55.4 Å². The van der Waals surface area contributed by atoms with Crippen molar-refractivity contribution >= 4 is 25.7 Å². The summed E-state index contributed by atoms with van der Waals surface area (Å²) < 4.78 is 61.9. The summed E-state index contributed by atoms with van der Waals surface area (Å²) >= 11 is 0. The number of nitrogens with zero attached hydrogens (tertiary/aromatic N) is 4. The van der Waals surface area contributed by atoms with E-state index < -0.39 is 49.5 Å². The molecule has 1 aromatic heterocycles. The van der Waals surface area contributed by atoms with Crippen molar-refractivity contribution in [3.8, 4) is 18.4 Å². The Morgan fingerprint density at radius 3 is 2.38 bits per heavy atom. The van der Waals surface area contributed by atoms with E-state index in [4.69, 9.17) is 10.8 Å². The summed E-state index contributed by atoms with van der Waals surface area (Å²) in [7, 11) is -2.34. The highest BCUT2D eigenvalue weighted by molar-refractivity contribution is 6.74. The molecule has 208 valence electrons. The van der Waals surface area contributed by atoms with Gasteiger partial charge in [0.1, 0.15) is 29.3 Å². The van der Waals surface area contributed by atoms with Crippen LogP contribution in [0, 0.1) is 36.4 Å². The first-order valence-corrected chi connectivity index (χ1v) is 15.3. The van der Waals surface area contributed by atoms with Crippen molar-refractivity contribution in [1.82, 2.24) is 4.98 Å². The fourth-order valence-electron chi connectivity index (χ4n) is 4.33. The SMILES string of the molecule is C#CCN(C(=O)[C@@H]1C[C@H](O[Si](C)(C)C(C)(C)C)CN1c1nc(C)cc(C(F)(F)F)c1C#N)c1ccc(F)cc1. The molecule has 0 unspecified atom stereocenters. The second kappa shape index (κ2) is 11.0. The van der Waals surface area contributed by atoms with Crippen LogP contribution in [-0.4, -0.2) is 44.4 Å². The van der Waals surface area contributed by atoms with E-state index in [2.05, 4.69) is 31.7 Å². The van der Waals surface area contributed by atoms with E-state index >= 15 is 0 Å². The quantitative estimate of drug-likeness (QED) is 0.244. The minimum absolute atomic E-state index is 0.0512. The van der Waals surface area contributed by atoms with Gasteiger partial charge in [-0.3, -0.25) is 9.69 Å². The highest BCUT2D eigenvalue weighted by atomic mass is 28.4. The van der Waals surface area contributed by atoms with E-state index in [9.17, 15) is 27.6 Å². The lowest BCUT2D eigenvalue weighted by atomic mass is 10.1. The topological polar surface area (TPSA) is 69.5 Å². The van der Waals surface area contributed by atoms with E-state index in [-0.39, 0.29) is 36.1 Å². The third kappa shape index (κ3) is 6.43. The van der Waals surface area contributed by atoms with Crippen molar-refractivity contribution in [2.75, 3.05) is 22.9 Å². The Morgan fingerprint density at radius 1 is 1.26 bits per heavy atom. The summed E-state index contributed by atoms with van der Waals surface area (Å²) in [6, 6.07) is 6.64. The van der Waals surface area contributed by atoms with Crippen LogP contribution >= 0.6 is 0 Å². The Kier molecular flexibility index (Phi) is 8.49. The van der Waals surface area contributed by atoms with E-state index in [0.717, 1.165) is 6.07 Å². The monoisotopic (exact) mass is 560 g/mol. The number of amides is 1. The number of nitriles is 1. The Morgan fingerprint density at radius 2 is 1.87 bits per heavy atom. The predicted molar refractivity (Wildman–Crippen MR) is 144 cm³/mol. The van der Waals surface area contributed by atoms with Gasteiger partial charge in [-0.15, -0.1) is 6.42 Å². The summed E-state index contributed by atoms with van der Waals surface area (Å²) in [6.07, 6.45) is 0.379. The highest BCUT2D eigenvalue weighted by Gasteiger charge is 2.47. The van der Waals surface area contributed by atoms with E-state index in [1.54, 1.807) is 6.07 Å². The van der Waals surface area contributed by atoms with Gasteiger partial charge in [0, 0.05) is 24.3 Å². The molecule has 2 heterocycles. The zero-order valence-corrected chi connectivity index (χ0v) is 23.9. The fraction of sp³-hybridized carbons (Fsp3) is 0.464. The van der Waals surface area contributed by atoms with Crippen LogP contribution in [-0.2, 0) is 15.4 Å². The maximum atomic E-state index is 14.0. The molecule has 1 aromatic carbocycles. The minimum Gasteiger partial charge on any atom is -0.412 e. The molecule has 1 aliphatic rings. The van der Waals surface area contributed by atoms with Crippen LogP contribution in [0.15, 0.2) is 30.3 Å². The van der Waals surface area contributed by atoms with Crippen LogP contribution in [0.2, 0.25) is 18.1 Å². The number of aryl methyl sites for hydroxylation is 1.